The van der Waals surface area contributed by atoms with Gasteiger partial charge in [0.25, 0.3) is 0 Å². The summed E-state index contributed by atoms with van der Waals surface area (Å²) < 4.78 is 5.25. The highest BCUT2D eigenvalue weighted by atomic mass is 32.2. The van der Waals surface area contributed by atoms with Crippen molar-refractivity contribution in [3.8, 4) is 5.75 Å². The number of aryl methyl sites for hydroxylation is 1. The molecule has 0 amide bonds. The molecule has 0 aliphatic carbocycles. The Labute approximate surface area is 106 Å². The van der Waals surface area contributed by atoms with Crippen LogP contribution in [-0.2, 0) is 4.79 Å². The van der Waals surface area contributed by atoms with E-state index in [1.54, 1.807) is 7.11 Å². The van der Waals surface area contributed by atoms with Crippen LogP contribution >= 0.6 is 11.8 Å². The number of benzene rings is 1. The van der Waals surface area contributed by atoms with Gasteiger partial charge >= 0.3 is 5.97 Å². The second-order valence-corrected chi connectivity index (χ2v) is 5.46. The highest BCUT2D eigenvalue weighted by molar-refractivity contribution is 8.00. The molecule has 0 spiro atoms. The predicted molar refractivity (Wildman–Crippen MR) is 69.8 cm³/mol. The van der Waals surface area contributed by atoms with Gasteiger partial charge in [-0.15, -0.1) is 11.8 Å². The summed E-state index contributed by atoms with van der Waals surface area (Å²) in [6.45, 7) is 5.80. The first kappa shape index (κ1) is 13.9. The zero-order valence-corrected chi connectivity index (χ0v) is 11.4. The summed E-state index contributed by atoms with van der Waals surface area (Å²) in [6.07, 6.45) is 0. The molecule has 4 heteroatoms. The number of methoxy groups -OCH3 is 1. The largest absolute Gasteiger partial charge is 0.496 e. The first-order valence-electron chi connectivity index (χ1n) is 5.49. The van der Waals surface area contributed by atoms with Crippen molar-refractivity contribution in [2.45, 2.75) is 30.9 Å². The Balaban J connectivity index is 2.99. The first-order valence-corrected chi connectivity index (χ1v) is 6.37. The summed E-state index contributed by atoms with van der Waals surface area (Å²) >= 11 is 1.35. The fourth-order valence-corrected chi connectivity index (χ4v) is 2.65. The van der Waals surface area contributed by atoms with Crippen molar-refractivity contribution in [3.63, 3.8) is 0 Å². The summed E-state index contributed by atoms with van der Waals surface area (Å²) in [5.41, 5.74) is 1.10. The van der Waals surface area contributed by atoms with Gasteiger partial charge < -0.3 is 9.84 Å². The van der Waals surface area contributed by atoms with Gasteiger partial charge in [0.1, 0.15) is 11.0 Å². The molecule has 0 aromatic heterocycles. The molecule has 1 atom stereocenters. The average Bonchev–Trinajstić information content (AvgIpc) is 2.25. The number of hydrogen-bond acceptors (Lipinski definition) is 3. The SMILES string of the molecule is COc1ccc(C)cc1SC(C(=O)O)C(C)C. The number of hydrogen-bond donors (Lipinski definition) is 1. The van der Waals surface area contributed by atoms with Crippen LogP contribution in [-0.4, -0.2) is 23.4 Å². The minimum Gasteiger partial charge on any atom is -0.496 e. The Kier molecular flexibility index (Phi) is 4.87. The van der Waals surface area contributed by atoms with E-state index >= 15 is 0 Å². The van der Waals surface area contributed by atoms with Gasteiger partial charge in [0, 0.05) is 0 Å². The Hall–Kier alpha value is -1.16. The molecule has 0 radical (unpaired) electrons. The molecule has 1 N–H and O–H groups in total. The van der Waals surface area contributed by atoms with Crippen molar-refractivity contribution in [1.82, 2.24) is 0 Å². The number of thioether (sulfide) groups is 1. The van der Waals surface area contributed by atoms with E-state index in [1.807, 2.05) is 39.0 Å². The van der Waals surface area contributed by atoms with Gasteiger partial charge in [-0.25, -0.2) is 0 Å². The minimum atomic E-state index is -0.784. The van der Waals surface area contributed by atoms with Crippen molar-refractivity contribution in [2.24, 2.45) is 5.92 Å². The Bertz CT molecular complexity index is 402. The summed E-state index contributed by atoms with van der Waals surface area (Å²) in [5, 5.41) is 8.72. The number of carboxylic acid groups (broad SMARTS) is 1. The fraction of sp³-hybridized carbons (Fsp3) is 0.462. The topological polar surface area (TPSA) is 46.5 Å². The molecule has 1 unspecified atom stereocenters. The van der Waals surface area contributed by atoms with E-state index in [9.17, 15) is 9.90 Å². The van der Waals surface area contributed by atoms with Crippen LogP contribution in [0.3, 0.4) is 0 Å². The molecule has 0 aliphatic rings. The van der Waals surface area contributed by atoms with Crippen molar-refractivity contribution >= 4 is 17.7 Å². The van der Waals surface area contributed by atoms with Crippen LogP contribution in [0.25, 0.3) is 0 Å². The van der Waals surface area contributed by atoms with E-state index in [-0.39, 0.29) is 5.92 Å². The number of ether oxygens (including phenoxy) is 1. The van der Waals surface area contributed by atoms with E-state index in [1.165, 1.54) is 11.8 Å². The molecular formula is C13H18O3S. The van der Waals surface area contributed by atoms with Gasteiger partial charge in [-0.3, -0.25) is 4.79 Å². The van der Waals surface area contributed by atoms with Crippen LogP contribution in [0.1, 0.15) is 19.4 Å². The van der Waals surface area contributed by atoms with E-state index in [0.29, 0.717) is 0 Å². The molecule has 94 valence electrons. The smallest absolute Gasteiger partial charge is 0.317 e. The molecule has 0 saturated carbocycles. The minimum absolute atomic E-state index is 0.0720. The van der Waals surface area contributed by atoms with E-state index < -0.39 is 11.2 Å². The lowest BCUT2D eigenvalue weighted by atomic mass is 10.1. The Morgan fingerprint density at radius 3 is 2.53 bits per heavy atom. The van der Waals surface area contributed by atoms with Crippen molar-refractivity contribution in [3.05, 3.63) is 23.8 Å². The third-order valence-electron chi connectivity index (χ3n) is 2.42. The summed E-state index contributed by atoms with van der Waals surface area (Å²) in [5.74, 6) is 0.0174. The van der Waals surface area contributed by atoms with Gasteiger partial charge in [0.05, 0.1) is 12.0 Å². The van der Waals surface area contributed by atoms with Crippen LogP contribution in [0.4, 0.5) is 0 Å². The fourth-order valence-electron chi connectivity index (χ4n) is 1.48. The molecule has 1 aromatic rings. The van der Waals surface area contributed by atoms with Crippen LogP contribution in [0.2, 0.25) is 0 Å². The van der Waals surface area contributed by atoms with Gasteiger partial charge in [-0.1, -0.05) is 19.9 Å². The molecule has 1 rings (SSSR count). The molecule has 0 aliphatic heterocycles. The van der Waals surface area contributed by atoms with Crippen molar-refractivity contribution < 1.29 is 14.6 Å². The molecule has 0 fully saturated rings. The first-order chi connectivity index (χ1) is 7.95. The lowest BCUT2D eigenvalue weighted by molar-refractivity contribution is -0.137. The second-order valence-electron chi connectivity index (χ2n) is 4.28. The summed E-state index contributed by atoms with van der Waals surface area (Å²) in [4.78, 5) is 12.1. The number of aliphatic carboxylic acids is 1. The predicted octanol–water partition coefficient (Wildman–Crippen LogP) is 3.20. The Morgan fingerprint density at radius 2 is 2.06 bits per heavy atom. The van der Waals surface area contributed by atoms with Crippen LogP contribution in [0.5, 0.6) is 5.75 Å². The van der Waals surface area contributed by atoms with Gasteiger partial charge in [-0.2, -0.15) is 0 Å². The number of rotatable bonds is 5. The monoisotopic (exact) mass is 254 g/mol. The zero-order valence-electron chi connectivity index (χ0n) is 10.6. The normalized spacial score (nSPS) is 12.5. The molecule has 17 heavy (non-hydrogen) atoms. The molecule has 0 saturated heterocycles. The molecule has 0 heterocycles. The van der Waals surface area contributed by atoms with Gasteiger partial charge in [-0.05, 0) is 30.5 Å². The quantitative estimate of drug-likeness (QED) is 0.820. The van der Waals surface area contributed by atoms with E-state index in [0.717, 1.165) is 16.2 Å². The standard InChI is InChI=1S/C13H18O3S/c1-8(2)12(13(14)15)17-11-7-9(3)5-6-10(11)16-4/h5-8,12H,1-4H3,(H,14,15). The third kappa shape index (κ3) is 3.66. The van der Waals surface area contributed by atoms with E-state index in [2.05, 4.69) is 0 Å². The molecule has 0 bridgehead atoms. The highest BCUT2D eigenvalue weighted by Gasteiger charge is 2.24. The second kappa shape index (κ2) is 5.96. The van der Waals surface area contributed by atoms with Crippen LogP contribution in [0.15, 0.2) is 23.1 Å². The van der Waals surface area contributed by atoms with Crippen molar-refractivity contribution in [2.75, 3.05) is 7.11 Å². The zero-order chi connectivity index (χ0) is 13.0. The maximum absolute atomic E-state index is 11.2. The summed E-state index contributed by atoms with van der Waals surface area (Å²) in [7, 11) is 1.60. The maximum atomic E-state index is 11.2. The highest BCUT2D eigenvalue weighted by Crippen LogP contribution is 2.35. The average molecular weight is 254 g/mol. The maximum Gasteiger partial charge on any atom is 0.317 e. The number of carbonyl (C=O) groups is 1. The Morgan fingerprint density at radius 1 is 1.41 bits per heavy atom. The molecule has 3 nitrogen and oxygen atoms in total. The van der Waals surface area contributed by atoms with E-state index in [4.69, 9.17) is 4.74 Å². The van der Waals surface area contributed by atoms with Gasteiger partial charge in [0.15, 0.2) is 0 Å². The van der Waals surface area contributed by atoms with Crippen LogP contribution in [0, 0.1) is 12.8 Å². The lowest BCUT2D eigenvalue weighted by Crippen LogP contribution is -2.22. The number of carboxylic acids is 1. The third-order valence-corrected chi connectivity index (χ3v) is 3.99. The summed E-state index contributed by atoms with van der Waals surface area (Å²) in [6, 6.07) is 5.78. The lowest BCUT2D eigenvalue weighted by Gasteiger charge is -2.17. The van der Waals surface area contributed by atoms with Crippen LogP contribution < -0.4 is 4.74 Å². The molecule has 1 aromatic carbocycles. The van der Waals surface area contributed by atoms with Crippen molar-refractivity contribution in [1.29, 1.82) is 0 Å². The van der Waals surface area contributed by atoms with Gasteiger partial charge in [0.2, 0.25) is 0 Å². The molecular weight excluding hydrogens is 236 g/mol.